The number of hydrogen-bond acceptors (Lipinski definition) is 4. The Balaban J connectivity index is 1.51. The summed E-state index contributed by atoms with van der Waals surface area (Å²) in [7, 11) is 1.83. The van der Waals surface area contributed by atoms with E-state index in [-0.39, 0.29) is 11.8 Å². The number of nitrogens with one attached hydrogen (secondary N) is 1. The SMILES string of the molecule is Cn1ncc2c1NC(=O)CC2c1ccc(OCc2ccccn2)cc1. The van der Waals surface area contributed by atoms with Crippen molar-refractivity contribution in [1.29, 1.82) is 0 Å². The van der Waals surface area contributed by atoms with E-state index < -0.39 is 0 Å². The first-order valence-electron chi connectivity index (χ1n) is 8.15. The van der Waals surface area contributed by atoms with Gasteiger partial charge >= 0.3 is 0 Å². The molecule has 0 aliphatic carbocycles. The number of aryl methyl sites for hydroxylation is 1. The number of fused-ring (bicyclic) bond motifs is 1. The van der Waals surface area contributed by atoms with Crippen LogP contribution in [0.1, 0.15) is 29.2 Å². The van der Waals surface area contributed by atoms with Crippen molar-refractivity contribution in [2.24, 2.45) is 7.05 Å². The highest BCUT2D eigenvalue weighted by Crippen LogP contribution is 2.37. The third-order valence-electron chi connectivity index (χ3n) is 4.39. The average Bonchev–Trinajstić information content (AvgIpc) is 3.02. The number of aromatic nitrogens is 3. The van der Waals surface area contributed by atoms with Crippen molar-refractivity contribution < 1.29 is 9.53 Å². The van der Waals surface area contributed by atoms with Gasteiger partial charge in [0, 0.05) is 31.1 Å². The van der Waals surface area contributed by atoms with Crippen LogP contribution < -0.4 is 10.1 Å². The maximum atomic E-state index is 12.0. The molecule has 126 valence electrons. The lowest BCUT2D eigenvalue weighted by atomic mass is 9.87. The molecule has 6 nitrogen and oxygen atoms in total. The van der Waals surface area contributed by atoms with Crippen LogP contribution in [-0.4, -0.2) is 20.7 Å². The van der Waals surface area contributed by atoms with Gasteiger partial charge in [0.25, 0.3) is 0 Å². The molecule has 0 fully saturated rings. The van der Waals surface area contributed by atoms with E-state index in [0.717, 1.165) is 28.4 Å². The van der Waals surface area contributed by atoms with Crippen molar-refractivity contribution in [3.05, 3.63) is 71.7 Å². The summed E-state index contributed by atoms with van der Waals surface area (Å²) in [6.45, 7) is 0.429. The monoisotopic (exact) mass is 334 g/mol. The van der Waals surface area contributed by atoms with E-state index in [4.69, 9.17) is 4.74 Å². The predicted octanol–water partition coefficient (Wildman–Crippen LogP) is 2.87. The quantitative estimate of drug-likeness (QED) is 0.796. The minimum atomic E-state index is 0.0107. The molecule has 0 spiro atoms. The zero-order valence-electron chi connectivity index (χ0n) is 13.8. The van der Waals surface area contributed by atoms with Crippen LogP contribution in [0.5, 0.6) is 5.75 Å². The zero-order chi connectivity index (χ0) is 17.2. The van der Waals surface area contributed by atoms with E-state index in [9.17, 15) is 4.79 Å². The molecule has 0 saturated heterocycles. The van der Waals surface area contributed by atoms with Gasteiger partial charge in [-0.3, -0.25) is 14.5 Å². The summed E-state index contributed by atoms with van der Waals surface area (Å²) < 4.78 is 7.47. The molecule has 1 aromatic carbocycles. The molecule has 4 rings (SSSR count). The van der Waals surface area contributed by atoms with Crippen LogP contribution in [0.2, 0.25) is 0 Å². The van der Waals surface area contributed by atoms with Crippen LogP contribution >= 0.6 is 0 Å². The molecule has 0 saturated carbocycles. The van der Waals surface area contributed by atoms with E-state index >= 15 is 0 Å². The van der Waals surface area contributed by atoms with E-state index in [1.165, 1.54) is 0 Å². The molecule has 1 unspecified atom stereocenters. The van der Waals surface area contributed by atoms with Gasteiger partial charge in [0.1, 0.15) is 18.2 Å². The van der Waals surface area contributed by atoms with E-state index in [1.807, 2.05) is 55.7 Å². The van der Waals surface area contributed by atoms with E-state index in [2.05, 4.69) is 15.4 Å². The van der Waals surface area contributed by atoms with Gasteiger partial charge in [-0.1, -0.05) is 18.2 Å². The molecular formula is C19H18N4O2. The van der Waals surface area contributed by atoms with Gasteiger partial charge in [-0.25, -0.2) is 0 Å². The number of nitrogens with zero attached hydrogens (tertiary/aromatic N) is 3. The maximum absolute atomic E-state index is 12.0. The van der Waals surface area contributed by atoms with Crippen LogP contribution in [-0.2, 0) is 18.4 Å². The highest BCUT2D eigenvalue weighted by Gasteiger charge is 2.29. The van der Waals surface area contributed by atoms with Gasteiger partial charge in [-0.15, -0.1) is 0 Å². The summed E-state index contributed by atoms with van der Waals surface area (Å²) >= 11 is 0. The van der Waals surface area contributed by atoms with Crippen LogP contribution in [0, 0.1) is 0 Å². The molecule has 3 heterocycles. The highest BCUT2D eigenvalue weighted by atomic mass is 16.5. The Morgan fingerprint density at radius 3 is 2.84 bits per heavy atom. The largest absolute Gasteiger partial charge is 0.487 e. The molecule has 25 heavy (non-hydrogen) atoms. The second-order valence-electron chi connectivity index (χ2n) is 6.06. The number of benzene rings is 1. The van der Waals surface area contributed by atoms with Crippen molar-refractivity contribution in [3.8, 4) is 5.75 Å². The normalized spacial score (nSPS) is 16.2. The van der Waals surface area contributed by atoms with E-state index in [1.54, 1.807) is 10.9 Å². The standard InChI is InChI=1S/C19H18N4O2/c1-23-19-17(11-21-23)16(10-18(24)22-19)13-5-7-15(8-6-13)25-12-14-4-2-3-9-20-14/h2-9,11,16H,10,12H2,1H3,(H,22,24). The van der Waals surface area contributed by atoms with Crippen LogP contribution in [0.4, 0.5) is 5.82 Å². The van der Waals surface area contributed by atoms with Crippen molar-refractivity contribution >= 4 is 11.7 Å². The van der Waals surface area contributed by atoms with Crippen LogP contribution in [0.3, 0.4) is 0 Å². The number of ether oxygens (including phenoxy) is 1. The Bertz CT molecular complexity index is 888. The number of rotatable bonds is 4. The smallest absolute Gasteiger partial charge is 0.226 e. The molecule has 1 aliphatic heterocycles. The third-order valence-corrected chi connectivity index (χ3v) is 4.39. The van der Waals surface area contributed by atoms with E-state index in [0.29, 0.717) is 13.0 Å². The Labute approximate surface area is 145 Å². The second-order valence-corrected chi connectivity index (χ2v) is 6.06. The van der Waals surface area contributed by atoms with Crippen molar-refractivity contribution in [3.63, 3.8) is 0 Å². The number of anilines is 1. The molecule has 1 amide bonds. The first-order valence-corrected chi connectivity index (χ1v) is 8.15. The first-order chi connectivity index (χ1) is 12.2. The van der Waals surface area contributed by atoms with Crippen LogP contribution in [0.25, 0.3) is 0 Å². The van der Waals surface area contributed by atoms with Gasteiger partial charge in [-0.05, 0) is 29.8 Å². The summed E-state index contributed by atoms with van der Waals surface area (Å²) in [4.78, 5) is 16.2. The number of hydrogen-bond donors (Lipinski definition) is 1. The number of carbonyl (C=O) groups is 1. The molecule has 0 radical (unpaired) electrons. The highest BCUT2D eigenvalue weighted by molar-refractivity contribution is 5.94. The molecule has 1 aliphatic rings. The third kappa shape index (κ3) is 3.10. The molecule has 2 aromatic heterocycles. The second kappa shape index (κ2) is 6.39. The van der Waals surface area contributed by atoms with Gasteiger partial charge in [-0.2, -0.15) is 5.10 Å². The fraction of sp³-hybridized carbons (Fsp3) is 0.211. The van der Waals surface area contributed by atoms with Gasteiger partial charge < -0.3 is 10.1 Å². The van der Waals surface area contributed by atoms with Gasteiger partial charge in [0.2, 0.25) is 5.91 Å². The number of pyridine rings is 1. The van der Waals surface area contributed by atoms with Gasteiger partial charge in [0.15, 0.2) is 0 Å². The zero-order valence-corrected chi connectivity index (χ0v) is 13.8. The molecule has 3 aromatic rings. The lowest BCUT2D eigenvalue weighted by Gasteiger charge is -2.23. The predicted molar refractivity (Wildman–Crippen MR) is 93.3 cm³/mol. The Morgan fingerprint density at radius 1 is 1.24 bits per heavy atom. The molecule has 1 N–H and O–H groups in total. The molecule has 1 atom stereocenters. The summed E-state index contributed by atoms with van der Waals surface area (Å²) in [6, 6.07) is 13.6. The molecule has 0 bridgehead atoms. The summed E-state index contributed by atoms with van der Waals surface area (Å²) in [5, 5.41) is 7.15. The van der Waals surface area contributed by atoms with Crippen molar-refractivity contribution in [1.82, 2.24) is 14.8 Å². The fourth-order valence-corrected chi connectivity index (χ4v) is 3.08. The molecular weight excluding hydrogens is 316 g/mol. The van der Waals surface area contributed by atoms with Gasteiger partial charge in [0.05, 0.1) is 11.9 Å². The van der Waals surface area contributed by atoms with Crippen molar-refractivity contribution in [2.45, 2.75) is 18.9 Å². The first kappa shape index (κ1) is 15.4. The Hall–Kier alpha value is -3.15. The lowest BCUT2D eigenvalue weighted by molar-refractivity contribution is -0.116. The topological polar surface area (TPSA) is 69.0 Å². The fourth-order valence-electron chi connectivity index (χ4n) is 3.08. The summed E-state index contributed by atoms with van der Waals surface area (Å²) in [5.41, 5.74) is 3.01. The maximum Gasteiger partial charge on any atom is 0.226 e. The number of amides is 1. The Kier molecular flexibility index (Phi) is 3.93. The van der Waals surface area contributed by atoms with Crippen LogP contribution in [0.15, 0.2) is 54.9 Å². The lowest BCUT2D eigenvalue weighted by Crippen LogP contribution is -2.24. The number of carbonyl (C=O) groups excluding carboxylic acids is 1. The average molecular weight is 334 g/mol. The summed E-state index contributed by atoms with van der Waals surface area (Å²) in [6.07, 6.45) is 4.00. The summed E-state index contributed by atoms with van der Waals surface area (Å²) in [5.74, 6) is 1.58. The van der Waals surface area contributed by atoms with Crippen molar-refractivity contribution in [2.75, 3.05) is 5.32 Å². The Morgan fingerprint density at radius 2 is 2.08 bits per heavy atom. The molecule has 6 heteroatoms. The minimum absolute atomic E-state index is 0.0107. The minimum Gasteiger partial charge on any atom is -0.487 e.